The molecule has 27 heavy (non-hydrogen) atoms. The Balaban J connectivity index is 2.11. The van der Waals surface area contributed by atoms with Crippen molar-refractivity contribution in [1.29, 1.82) is 0 Å². The number of pyridine rings is 1. The molecule has 0 aliphatic heterocycles. The normalized spacial score (nSPS) is 12.7. The fraction of sp³-hybridized carbons (Fsp3) is 0.158. The van der Waals surface area contributed by atoms with Gasteiger partial charge in [0.25, 0.3) is 0 Å². The zero-order chi connectivity index (χ0) is 19.6. The van der Waals surface area contributed by atoms with Gasteiger partial charge in [0, 0.05) is 11.5 Å². The number of ether oxygens (including phenoxy) is 1. The molecule has 1 N–H and O–H groups in total. The third kappa shape index (κ3) is 4.16. The molecular weight excluding hydrogens is 379 g/mol. The first-order chi connectivity index (χ1) is 12.8. The fourth-order valence-electron chi connectivity index (χ4n) is 2.62. The van der Waals surface area contributed by atoms with Crippen molar-refractivity contribution in [3.05, 3.63) is 65.7 Å². The highest BCUT2D eigenvalue weighted by molar-refractivity contribution is 8.00. The summed E-state index contributed by atoms with van der Waals surface area (Å²) in [6.07, 6.45) is -4.60. The van der Waals surface area contributed by atoms with E-state index in [9.17, 15) is 23.1 Å². The van der Waals surface area contributed by atoms with Crippen LogP contribution in [-0.4, -0.2) is 23.2 Å². The van der Waals surface area contributed by atoms with Crippen molar-refractivity contribution in [2.45, 2.75) is 16.5 Å². The summed E-state index contributed by atoms with van der Waals surface area (Å²) in [5.74, 6) is -0.796. The quantitative estimate of drug-likeness (QED) is 0.605. The van der Waals surface area contributed by atoms with E-state index in [0.717, 1.165) is 17.8 Å². The molecule has 0 aliphatic rings. The highest BCUT2D eigenvalue weighted by Crippen LogP contribution is 2.41. The molecule has 0 amide bonds. The van der Waals surface area contributed by atoms with Crippen molar-refractivity contribution < 1.29 is 27.8 Å². The smallest absolute Gasteiger partial charge is 0.417 e. The van der Waals surface area contributed by atoms with Crippen molar-refractivity contribution in [3.63, 3.8) is 0 Å². The largest absolute Gasteiger partial charge is 0.497 e. The first-order valence-corrected chi connectivity index (χ1v) is 8.68. The third-order valence-electron chi connectivity index (χ3n) is 3.86. The summed E-state index contributed by atoms with van der Waals surface area (Å²) < 4.78 is 45.6. The predicted molar refractivity (Wildman–Crippen MR) is 96.0 cm³/mol. The Morgan fingerprint density at radius 1 is 1.15 bits per heavy atom. The second-order valence-electron chi connectivity index (χ2n) is 5.64. The summed E-state index contributed by atoms with van der Waals surface area (Å²) in [6, 6.07) is 13.3. The van der Waals surface area contributed by atoms with Crippen LogP contribution in [0, 0.1) is 0 Å². The number of fused-ring (bicyclic) bond motifs is 1. The average Bonchev–Trinajstić information content (AvgIpc) is 2.64. The molecule has 0 saturated heterocycles. The van der Waals surface area contributed by atoms with Gasteiger partial charge in [0.2, 0.25) is 0 Å². The molecule has 0 bridgehead atoms. The molecule has 0 fully saturated rings. The van der Waals surface area contributed by atoms with E-state index in [-0.39, 0.29) is 15.9 Å². The van der Waals surface area contributed by atoms with Crippen molar-refractivity contribution in [2.75, 3.05) is 7.11 Å². The first-order valence-electron chi connectivity index (χ1n) is 7.80. The van der Waals surface area contributed by atoms with Crippen molar-refractivity contribution in [3.8, 4) is 5.75 Å². The zero-order valence-corrected chi connectivity index (χ0v) is 14.8. The number of thioether (sulfide) groups is 1. The lowest BCUT2D eigenvalue weighted by Gasteiger charge is -2.16. The summed E-state index contributed by atoms with van der Waals surface area (Å²) in [5, 5.41) is 8.34. The maximum Gasteiger partial charge on any atom is 0.417 e. The van der Waals surface area contributed by atoms with Crippen molar-refractivity contribution in [1.82, 2.24) is 4.98 Å². The standard InChI is InChI=1S/C19H14F3NO3S/c1-26-12-7-8-13-14(19(20,21)22)10-16(23-15(13)9-12)27-17(18(24)25)11-5-3-2-4-6-11/h2-10,17H,1H3,(H,24,25). The predicted octanol–water partition coefficient (Wildman–Crippen LogP) is 5.18. The molecule has 0 aliphatic carbocycles. The lowest BCUT2D eigenvalue weighted by molar-refractivity contribution is -0.137. The van der Waals surface area contributed by atoms with Crippen LogP contribution in [0.4, 0.5) is 13.2 Å². The summed E-state index contributed by atoms with van der Waals surface area (Å²) in [4.78, 5) is 15.9. The van der Waals surface area contributed by atoms with Crippen LogP contribution in [0.5, 0.6) is 5.75 Å². The number of benzene rings is 2. The topological polar surface area (TPSA) is 59.4 Å². The minimum atomic E-state index is -4.60. The average molecular weight is 393 g/mol. The number of hydrogen-bond donors (Lipinski definition) is 1. The van der Waals surface area contributed by atoms with Gasteiger partial charge in [-0.3, -0.25) is 4.79 Å². The van der Waals surface area contributed by atoms with Gasteiger partial charge in [-0.1, -0.05) is 42.1 Å². The van der Waals surface area contributed by atoms with Crippen LogP contribution in [0.3, 0.4) is 0 Å². The number of alkyl halides is 3. The minimum Gasteiger partial charge on any atom is -0.497 e. The van der Waals surface area contributed by atoms with Gasteiger partial charge < -0.3 is 9.84 Å². The van der Waals surface area contributed by atoms with E-state index in [4.69, 9.17) is 4.74 Å². The highest BCUT2D eigenvalue weighted by Gasteiger charge is 2.34. The molecule has 140 valence electrons. The Kier molecular flexibility index (Phi) is 5.27. The summed E-state index contributed by atoms with van der Waals surface area (Å²) in [5.41, 5.74) is -0.310. The summed E-state index contributed by atoms with van der Waals surface area (Å²) >= 11 is 0.757. The van der Waals surface area contributed by atoms with E-state index in [2.05, 4.69) is 4.98 Å². The van der Waals surface area contributed by atoms with E-state index < -0.39 is 23.0 Å². The van der Waals surface area contributed by atoms with E-state index in [1.54, 1.807) is 30.3 Å². The second kappa shape index (κ2) is 7.48. The number of aromatic nitrogens is 1. The third-order valence-corrected chi connectivity index (χ3v) is 5.02. The molecule has 0 spiro atoms. The SMILES string of the molecule is COc1ccc2c(C(F)(F)F)cc(SC(C(=O)O)c3ccccc3)nc2c1. The second-order valence-corrected chi connectivity index (χ2v) is 6.76. The van der Waals surface area contributed by atoms with Gasteiger partial charge in [-0.25, -0.2) is 4.98 Å². The lowest BCUT2D eigenvalue weighted by atomic mass is 10.1. The Hall–Kier alpha value is -2.74. The van der Waals surface area contributed by atoms with Crippen LogP contribution < -0.4 is 4.74 Å². The summed E-state index contributed by atoms with van der Waals surface area (Å²) in [7, 11) is 1.40. The van der Waals surface area contributed by atoms with Gasteiger partial charge in [0.1, 0.15) is 11.0 Å². The van der Waals surface area contributed by atoms with Crippen LogP contribution in [-0.2, 0) is 11.0 Å². The molecular formula is C19H14F3NO3S. The number of carboxylic acids is 1. The van der Waals surface area contributed by atoms with E-state index in [0.29, 0.717) is 11.3 Å². The maximum absolute atomic E-state index is 13.5. The van der Waals surface area contributed by atoms with Gasteiger partial charge in [-0.05, 0) is 23.8 Å². The van der Waals surface area contributed by atoms with E-state index >= 15 is 0 Å². The van der Waals surface area contributed by atoms with Crippen LogP contribution in [0.2, 0.25) is 0 Å². The maximum atomic E-state index is 13.5. The lowest BCUT2D eigenvalue weighted by Crippen LogP contribution is -2.10. The van der Waals surface area contributed by atoms with Crippen LogP contribution in [0.1, 0.15) is 16.4 Å². The van der Waals surface area contributed by atoms with Crippen LogP contribution >= 0.6 is 11.8 Å². The monoisotopic (exact) mass is 393 g/mol. The highest BCUT2D eigenvalue weighted by atomic mass is 32.2. The number of carbonyl (C=O) groups is 1. The molecule has 3 aromatic rings. The molecule has 2 aromatic carbocycles. The van der Waals surface area contributed by atoms with Gasteiger partial charge in [0.15, 0.2) is 0 Å². The zero-order valence-electron chi connectivity index (χ0n) is 14.0. The van der Waals surface area contributed by atoms with E-state index in [1.807, 2.05) is 0 Å². The molecule has 1 atom stereocenters. The Morgan fingerprint density at radius 3 is 2.44 bits per heavy atom. The number of carboxylic acid groups (broad SMARTS) is 1. The van der Waals surface area contributed by atoms with Gasteiger partial charge in [-0.15, -0.1) is 0 Å². The number of rotatable bonds is 5. The van der Waals surface area contributed by atoms with Crippen LogP contribution in [0.25, 0.3) is 10.9 Å². The molecule has 0 saturated carbocycles. The molecule has 8 heteroatoms. The Bertz CT molecular complexity index is 977. The van der Waals surface area contributed by atoms with Gasteiger partial charge >= 0.3 is 12.1 Å². The van der Waals surface area contributed by atoms with Crippen molar-refractivity contribution >= 4 is 28.6 Å². The minimum absolute atomic E-state index is 0.0284. The molecule has 1 heterocycles. The molecule has 4 nitrogen and oxygen atoms in total. The molecule has 1 unspecified atom stereocenters. The number of methoxy groups -OCH3 is 1. The molecule has 0 radical (unpaired) electrons. The van der Waals surface area contributed by atoms with Crippen molar-refractivity contribution in [2.24, 2.45) is 0 Å². The Labute approximate surface area is 157 Å². The van der Waals surface area contributed by atoms with Crippen LogP contribution in [0.15, 0.2) is 59.6 Å². The molecule has 3 rings (SSSR count). The number of hydrogen-bond acceptors (Lipinski definition) is 4. The summed E-state index contributed by atoms with van der Waals surface area (Å²) in [6.45, 7) is 0. The first kappa shape index (κ1) is 19.0. The Morgan fingerprint density at radius 2 is 1.85 bits per heavy atom. The number of halogens is 3. The number of nitrogens with zero attached hydrogens (tertiary/aromatic N) is 1. The fourth-order valence-corrected chi connectivity index (χ4v) is 3.59. The number of aliphatic carboxylic acids is 1. The van der Waals surface area contributed by atoms with Gasteiger partial charge in [-0.2, -0.15) is 13.2 Å². The molecule has 1 aromatic heterocycles. The van der Waals surface area contributed by atoms with E-state index in [1.165, 1.54) is 25.3 Å². The van der Waals surface area contributed by atoms with Gasteiger partial charge in [0.05, 0.1) is 23.2 Å².